The van der Waals surface area contributed by atoms with Gasteiger partial charge in [-0.15, -0.1) is 10.2 Å². The maximum Gasteiger partial charge on any atom is 0.275 e. The van der Waals surface area contributed by atoms with Crippen molar-refractivity contribution >= 4 is 17.5 Å². The lowest BCUT2D eigenvalue weighted by Crippen LogP contribution is -2.51. The number of rotatable bonds is 9. The molecular formula is C33H43N7O2. The fourth-order valence-corrected chi connectivity index (χ4v) is 6.54. The minimum Gasteiger partial charge on any atom is -0.345 e. The van der Waals surface area contributed by atoms with E-state index in [2.05, 4.69) is 77.6 Å². The third-order valence-corrected chi connectivity index (χ3v) is 8.99. The first-order valence-electron chi connectivity index (χ1n) is 15.2. The first-order chi connectivity index (χ1) is 20.1. The molecule has 2 N–H and O–H groups in total. The number of aryl methyl sites for hydroxylation is 1. The summed E-state index contributed by atoms with van der Waals surface area (Å²) >= 11 is 0. The predicted molar refractivity (Wildman–Crippen MR) is 163 cm³/mol. The van der Waals surface area contributed by atoms with Gasteiger partial charge in [-0.05, 0) is 74.1 Å². The molecule has 1 fully saturated rings. The number of H-pyrrole nitrogens is 1. The number of tetrazole rings is 1. The van der Waals surface area contributed by atoms with Crippen LogP contribution in [0.25, 0.3) is 0 Å². The van der Waals surface area contributed by atoms with Crippen molar-refractivity contribution in [2.75, 3.05) is 0 Å². The first-order valence-corrected chi connectivity index (χ1v) is 15.2. The summed E-state index contributed by atoms with van der Waals surface area (Å²) in [5, 5.41) is 16.5. The normalized spacial score (nSPS) is 21.5. The van der Waals surface area contributed by atoms with Crippen molar-refractivity contribution in [1.82, 2.24) is 30.8 Å². The second-order valence-electron chi connectivity index (χ2n) is 12.9. The van der Waals surface area contributed by atoms with Crippen LogP contribution in [0, 0.1) is 18.3 Å². The van der Waals surface area contributed by atoms with Crippen LogP contribution < -0.4 is 5.32 Å². The van der Waals surface area contributed by atoms with Gasteiger partial charge in [-0.3, -0.25) is 14.6 Å². The minimum absolute atomic E-state index is 0.0119. The van der Waals surface area contributed by atoms with Gasteiger partial charge in [0.25, 0.3) is 11.8 Å². The number of aromatic amines is 1. The summed E-state index contributed by atoms with van der Waals surface area (Å²) < 4.78 is 0. The van der Waals surface area contributed by atoms with E-state index >= 15 is 0 Å². The molecule has 0 saturated heterocycles. The van der Waals surface area contributed by atoms with E-state index in [1.54, 1.807) is 0 Å². The molecule has 1 atom stereocenters. The zero-order chi connectivity index (χ0) is 29.9. The van der Waals surface area contributed by atoms with Gasteiger partial charge >= 0.3 is 0 Å². The lowest BCUT2D eigenvalue weighted by atomic mass is 9.69. The van der Waals surface area contributed by atoms with Crippen LogP contribution in [0.4, 0.5) is 0 Å². The van der Waals surface area contributed by atoms with Gasteiger partial charge in [-0.25, -0.2) is 0 Å². The van der Waals surface area contributed by atoms with Crippen LogP contribution in [0.1, 0.15) is 112 Å². The Hall–Kier alpha value is -3.88. The zero-order valence-electron chi connectivity index (χ0n) is 25.5. The van der Waals surface area contributed by atoms with Crippen molar-refractivity contribution in [1.29, 1.82) is 0 Å². The molecule has 222 valence electrons. The van der Waals surface area contributed by atoms with Gasteiger partial charge in [0.1, 0.15) is 11.4 Å². The molecule has 9 nitrogen and oxygen atoms in total. The Morgan fingerprint density at radius 3 is 2.50 bits per heavy atom. The molecule has 1 aliphatic carbocycles. The van der Waals surface area contributed by atoms with Crippen LogP contribution >= 0.6 is 0 Å². The van der Waals surface area contributed by atoms with E-state index < -0.39 is 5.66 Å². The summed E-state index contributed by atoms with van der Waals surface area (Å²) in [6, 6.07) is 15.7. The topological polar surface area (TPSA) is 116 Å². The quantitative estimate of drug-likeness (QED) is 0.331. The van der Waals surface area contributed by atoms with Crippen LogP contribution in [-0.2, 0) is 11.3 Å². The molecule has 1 spiro atoms. The lowest BCUT2D eigenvalue weighted by molar-refractivity contribution is -0.133. The van der Waals surface area contributed by atoms with E-state index in [4.69, 9.17) is 4.99 Å². The molecule has 1 saturated carbocycles. The SMILES string of the molecule is CCCC[C@H](c1ccc(C(=O)NCc2nn[nH]n2)cc1)N1C(=O)C(c2cccc(C)c2)=NC12CCC(C(C)(C)C)CC2. The van der Waals surface area contributed by atoms with Crippen LogP contribution in [0.15, 0.2) is 53.5 Å². The molecule has 0 unspecified atom stereocenters. The summed E-state index contributed by atoms with van der Waals surface area (Å²) in [5.41, 5.74) is 3.82. The highest BCUT2D eigenvalue weighted by Gasteiger charge is 2.52. The maximum absolute atomic E-state index is 14.4. The molecule has 3 aromatic rings. The number of nitrogens with zero attached hydrogens (tertiary/aromatic N) is 5. The van der Waals surface area contributed by atoms with Crippen LogP contribution in [0.3, 0.4) is 0 Å². The predicted octanol–water partition coefficient (Wildman–Crippen LogP) is 5.93. The van der Waals surface area contributed by atoms with Gasteiger partial charge in [0.2, 0.25) is 0 Å². The largest absolute Gasteiger partial charge is 0.345 e. The molecule has 42 heavy (non-hydrogen) atoms. The molecule has 5 rings (SSSR count). The molecule has 2 heterocycles. The van der Waals surface area contributed by atoms with Gasteiger partial charge in [0.15, 0.2) is 5.82 Å². The molecule has 0 radical (unpaired) electrons. The smallest absolute Gasteiger partial charge is 0.275 e. The summed E-state index contributed by atoms with van der Waals surface area (Å²) in [7, 11) is 0. The molecule has 1 aliphatic heterocycles. The first kappa shape index (κ1) is 29.6. The van der Waals surface area contributed by atoms with E-state index in [0.717, 1.165) is 61.6 Å². The number of carbonyl (C=O) groups excluding carboxylic acids is 2. The number of hydrogen-bond acceptors (Lipinski definition) is 6. The second-order valence-corrected chi connectivity index (χ2v) is 12.9. The number of benzene rings is 2. The van der Waals surface area contributed by atoms with Crippen molar-refractivity contribution in [2.24, 2.45) is 16.3 Å². The maximum atomic E-state index is 14.4. The van der Waals surface area contributed by atoms with Crippen LogP contribution in [0.2, 0.25) is 0 Å². The number of hydrogen-bond donors (Lipinski definition) is 2. The molecule has 2 aromatic carbocycles. The van der Waals surface area contributed by atoms with Crippen molar-refractivity contribution in [3.8, 4) is 0 Å². The minimum atomic E-state index is -0.559. The van der Waals surface area contributed by atoms with Crippen LogP contribution in [0.5, 0.6) is 0 Å². The lowest BCUT2D eigenvalue weighted by Gasteiger charge is -2.47. The standard InChI is InChI=1S/C33H43N7O2/c1-6-7-11-27(23-12-14-24(15-13-23)30(41)34-21-28-36-38-39-37-28)40-31(42)29(25-10-8-9-22(2)20-25)35-33(40)18-16-26(17-19-33)32(3,4)5/h8-10,12-15,20,26-27H,6-7,11,16-19,21H2,1-5H3,(H,34,41)(H,36,37,38,39)/t26?,27-,33?/m1/s1. The Balaban J connectivity index is 1.46. The number of aliphatic imine (C=N–C) groups is 1. The van der Waals surface area contributed by atoms with Gasteiger partial charge in [0.05, 0.1) is 12.6 Å². The Bertz CT molecular complexity index is 1420. The van der Waals surface area contributed by atoms with E-state index in [1.807, 2.05) is 36.4 Å². The van der Waals surface area contributed by atoms with Crippen molar-refractivity contribution in [3.63, 3.8) is 0 Å². The van der Waals surface area contributed by atoms with Crippen molar-refractivity contribution < 1.29 is 9.59 Å². The van der Waals surface area contributed by atoms with Gasteiger partial charge in [0, 0.05) is 11.1 Å². The number of nitrogens with one attached hydrogen (secondary N) is 2. The molecule has 2 aliphatic rings. The molecular weight excluding hydrogens is 526 g/mol. The van der Waals surface area contributed by atoms with Crippen LogP contribution in [-0.4, -0.2) is 48.7 Å². The fraction of sp³-hybridized carbons (Fsp3) is 0.515. The molecule has 1 aromatic heterocycles. The molecule has 0 bridgehead atoms. The second kappa shape index (κ2) is 12.2. The zero-order valence-corrected chi connectivity index (χ0v) is 25.5. The van der Waals surface area contributed by atoms with E-state index in [1.165, 1.54) is 0 Å². The average molecular weight is 570 g/mol. The number of carbonyl (C=O) groups is 2. The average Bonchev–Trinajstić information content (AvgIpc) is 3.59. The molecule has 2 amide bonds. The highest BCUT2D eigenvalue weighted by Crippen LogP contribution is 2.50. The van der Waals surface area contributed by atoms with Gasteiger partial charge < -0.3 is 10.2 Å². The Morgan fingerprint density at radius 2 is 1.88 bits per heavy atom. The monoisotopic (exact) mass is 569 g/mol. The number of aromatic nitrogens is 4. The third-order valence-electron chi connectivity index (χ3n) is 8.99. The number of unbranched alkanes of at least 4 members (excludes halogenated alkanes) is 1. The third kappa shape index (κ3) is 6.15. The Morgan fingerprint density at radius 1 is 1.14 bits per heavy atom. The summed E-state index contributed by atoms with van der Waals surface area (Å²) in [5.74, 6) is 0.814. The highest BCUT2D eigenvalue weighted by molar-refractivity contribution is 6.46. The summed E-state index contributed by atoms with van der Waals surface area (Å²) in [6.07, 6.45) is 6.65. The number of amides is 2. The van der Waals surface area contributed by atoms with E-state index in [0.29, 0.717) is 23.0 Å². The van der Waals surface area contributed by atoms with Gasteiger partial charge in [-0.1, -0.05) is 81.6 Å². The summed E-state index contributed by atoms with van der Waals surface area (Å²) in [6.45, 7) is 11.4. The Kier molecular flexibility index (Phi) is 8.57. The molecule has 9 heteroatoms. The van der Waals surface area contributed by atoms with E-state index in [9.17, 15) is 9.59 Å². The van der Waals surface area contributed by atoms with Gasteiger partial charge in [-0.2, -0.15) is 5.21 Å². The van der Waals surface area contributed by atoms with Crippen molar-refractivity contribution in [2.45, 2.75) is 97.8 Å². The fourth-order valence-electron chi connectivity index (χ4n) is 6.54. The highest BCUT2D eigenvalue weighted by atomic mass is 16.2. The Labute approximate surface area is 248 Å². The van der Waals surface area contributed by atoms with Crippen molar-refractivity contribution in [3.05, 3.63) is 76.6 Å². The van der Waals surface area contributed by atoms with E-state index in [-0.39, 0.29) is 29.8 Å². The summed E-state index contributed by atoms with van der Waals surface area (Å²) in [4.78, 5) is 34.7.